The van der Waals surface area contributed by atoms with E-state index in [1.165, 1.54) is 0 Å². The molecule has 6 heavy (non-hydrogen) atoms. The van der Waals surface area contributed by atoms with Crippen molar-refractivity contribution in [2.45, 2.75) is 0 Å². The molecule has 0 rings (SSSR count). The molecule has 0 aromatic carbocycles. The second kappa shape index (κ2) is 42.4. The maximum atomic E-state index is 8.46. The Morgan fingerprint density at radius 2 is 1.50 bits per heavy atom. The van der Waals surface area contributed by atoms with Gasteiger partial charge in [0.25, 0.3) is 0 Å². The minimum Gasteiger partial charge on any atom is -0.412 e. The Balaban J connectivity index is -0.00000000667. The number of hydrogen-bond acceptors (Lipinski definition) is 1. The summed E-state index contributed by atoms with van der Waals surface area (Å²) < 4.78 is 8.46. The lowest BCUT2D eigenvalue weighted by Crippen LogP contribution is -1.03. The summed E-state index contributed by atoms with van der Waals surface area (Å²) in [7, 11) is -0.833. The van der Waals surface area contributed by atoms with Crippen molar-refractivity contribution in [1.29, 1.82) is 0 Å². The molecule has 0 aliphatic carbocycles. The fraction of sp³-hybridized carbons (Fsp3) is 0. The van der Waals surface area contributed by atoms with Gasteiger partial charge in [-0.05, 0) is 0 Å². The average molecular weight is 124 g/mol. The minimum atomic E-state index is -0.833. The molecule has 0 aliphatic heterocycles. The average Bonchev–Trinajstić information content (AvgIpc) is 0.918. The van der Waals surface area contributed by atoms with Crippen molar-refractivity contribution >= 4 is 31.7 Å². The van der Waals surface area contributed by atoms with Crippen LogP contribution >= 0.6 is 8.69 Å². The molecule has 0 fully saturated rings. The van der Waals surface area contributed by atoms with E-state index in [-0.39, 0.29) is 34.7 Å². The first-order valence-electron chi connectivity index (χ1n) is 0.383. The molecule has 7 N–H and O–H groups in total. The summed E-state index contributed by atoms with van der Waals surface area (Å²) in [6, 6.07) is 0. The molecule has 0 aromatic heterocycles. The van der Waals surface area contributed by atoms with Gasteiger partial charge in [-0.1, -0.05) is 0 Å². The molecule has 0 heterocycles. The van der Waals surface area contributed by atoms with Crippen LogP contribution in [0.25, 0.3) is 0 Å². The van der Waals surface area contributed by atoms with Crippen molar-refractivity contribution < 1.29 is 14.9 Å². The van der Waals surface area contributed by atoms with Gasteiger partial charge in [0.05, 0.1) is 0 Å². The highest BCUT2D eigenvalue weighted by atomic mass is 31.1. The standard InChI is InChI=1S/Mg.H3N.HO2P.H2O/c;;1-3-2;/h;1H3;(H,1,2);1H2/p+1. The van der Waals surface area contributed by atoms with E-state index in [2.05, 4.69) is 0 Å². The lowest BCUT2D eigenvalue weighted by atomic mass is 14.0. The first-order chi connectivity index (χ1) is 1.41. The molecule has 0 bridgehead atoms. The van der Waals surface area contributed by atoms with Gasteiger partial charge in [-0.2, -0.15) is 0 Å². The van der Waals surface area contributed by atoms with E-state index in [0.717, 1.165) is 0 Å². The van der Waals surface area contributed by atoms with Gasteiger partial charge in [-0.15, -0.1) is 0 Å². The quantitative estimate of drug-likeness (QED) is 0.331. The Bertz CT molecular complexity index is 18.3. The molecule has 0 saturated heterocycles. The highest BCUT2D eigenvalue weighted by Gasteiger charge is 1.28. The van der Waals surface area contributed by atoms with Crippen LogP contribution in [0.5, 0.6) is 0 Å². The second-order valence-electron chi connectivity index (χ2n) is 0.0816. The van der Waals surface area contributed by atoms with Gasteiger partial charge in [0.1, 0.15) is 0 Å². The highest BCUT2D eigenvalue weighted by Crippen LogP contribution is 1.66. The second-order valence-corrected chi connectivity index (χ2v) is 0.245. The van der Waals surface area contributed by atoms with Crippen LogP contribution in [0.2, 0.25) is 0 Å². The maximum absolute atomic E-state index is 8.46. The summed E-state index contributed by atoms with van der Waals surface area (Å²) in [5.74, 6) is 0. The molecule has 0 atom stereocenters. The Kier molecular flexibility index (Phi) is 209. The predicted molar refractivity (Wildman–Crippen MR) is 25.2 cm³/mol. The Morgan fingerprint density at radius 1 is 1.50 bits per heavy atom. The predicted octanol–water partition coefficient (Wildman–Crippen LogP) is -0.644. The Morgan fingerprint density at radius 3 is 1.50 bits per heavy atom. The molecular weight excluding hydrogens is 117 g/mol. The van der Waals surface area contributed by atoms with E-state index < -0.39 is 8.69 Å². The van der Waals surface area contributed by atoms with Gasteiger partial charge in [-0.3, -0.25) is 0 Å². The SMILES string of the molecule is O.O=PO.[Mg].[NH4+]. The third-order valence-electron chi connectivity index (χ3n) is 0. The molecule has 2 radical (unpaired) electrons. The first-order valence-corrected chi connectivity index (χ1v) is 1.15. The van der Waals surface area contributed by atoms with Crippen LogP contribution in [0.15, 0.2) is 0 Å². The van der Waals surface area contributed by atoms with E-state index in [9.17, 15) is 0 Å². The number of quaternary nitrogens is 1. The van der Waals surface area contributed by atoms with E-state index >= 15 is 0 Å². The molecule has 36 valence electrons. The molecule has 0 amide bonds. The van der Waals surface area contributed by atoms with Crippen molar-refractivity contribution in [3.8, 4) is 0 Å². The smallest absolute Gasteiger partial charge is 0.324 e. The molecule has 0 spiro atoms. The van der Waals surface area contributed by atoms with E-state index in [0.29, 0.717) is 0 Å². The largest absolute Gasteiger partial charge is 0.412 e. The number of rotatable bonds is 0. The van der Waals surface area contributed by atoms with Gasteiger partial charge in [-0.25, -0.2) is 4.57 Å². The fourth-order valence-corrected chi connectivity index (χ4v) is 0. The molecule has 0 aromatic rings. The van der Waals surface area contributed by atoms with Gasteiger partial charge in [0, 0.05) is 23.1 Å². The van der Waals surface area contributed by atoms with E-state index in [1.54, 1.807) is 0 Å². The van der Waals surface area contributed by atoms with Crippen molar-refractivity contribution in [1.82, 2.24) is 6.15 Å². The van der Waals surface area contributed by atoms with Gasteiger partial charge in [0.2, 0.25) is 0 Å². The molecule has 0 unspecified atom stereocenters. The Labute approximate surface area is 53.3 Å². The lowest BCUT2D eigenvalue weighted by Gasteiger charge is -1.24. The zero-order valence-electron chi connectivity index (χ0n) is 3.51. The molecule has 6 heteroatoms. The third kappa shape index (κ3) is 120. The lowest BCUT2D eigenvalue weighted by molar-refractivity contribution is 0.524. The Hall–Kier alpha value is 0.746. The minimum absolute atomic E-state index is 0. The van der Waals surface area contributed by atoms with Crippen LogP contribution < -0.4 is 6.15 Å². The van der Waals surface area contributed by atoms with Gasteiger partial charge < -0.3 is 16.5 Å². The molecular formula is H7MgNO3P+. The zero-order chi connectivity index (χ0) is 2.71. The summed E-state index contributed by atoms with van der Waals surface area (Å²) in [4.78, 5) is 6.99. The summed E-state index contributed by atoms with van der Waals surface area (Å²) in [5, 5.41) is 0. The van der Waals surface area contributed by atoms with Crippen molar-refractivity contribution in [3.63, 3.8) is 0 Å². The van der Waals surface area contributed by atoms with Crippen LogP contribution in [0.3, 0.4) is 0 Å². The molecule has 0 aliphatic rings. The summed E-state index contributed by atoms with van der Waals surface area (Å²) in [6.45, 7) is 0. The highest BCUT2D eigenvalue weighted by molar-refractivity contribution is 7.16. The van der Waals surface area contributed by atoms with Crippen molar-refractivity contribution in [2.75, 3.05) is 0 Å². The van der Waals surface area contributed by atoms with Crippen LogP contribution in [0, 0.1) is 0 Å². The van der Waals surface area contributed by atoms with Crippen LogP contribution in [0.1, 0.15) is 0 Å². The maximum Gasteiger partial charge on any atom is 0.324 e. The fourth-order valence-electron chi connectivity index (χ4n) is 0. The normalized spacial score (nSPS) is 3.50. The zero-order valence-corrected chi connectivity index (χ0v) is 5.82. The molecule has 0 saturated carbocycles. The third-order valence-corrected chi connectivity index (χ3v) is 0. The van der Waals surface area contributed by atoms with Crippen molar-refractivity contribution in [3.05, 3.63) is 0 Å². The topological polar surface area (TPSA) is 105 Å². The monoisotopic (exact) mass is 124 g/mol. The van der Waals surface area contributed by atoms with Crippen LogP contribution in [-0.2, 0) is 4.57 Å². The van der Waals surface area contributed by atoms with Crippen molar-refractivity contribution in [2.24, 2.45) is 0 Å². The van der Waals surface area contributed by atoms with Gasteiger partial charge in [0.15, 0.2) is 0 Å². The van der Waals surface area contributed by atoms with Crippen LogP contribution in [0.4, 0.5) is 0 Å². The molecule has 4 nitrogen and oxygen atoms in total. The number of hydrogen-bond donors (Lipinski definition) is 2. The van der Waals surface area contributed by atoms with E-state index in [4.69, 9.17) is 9.46 Å². The first kappa shape index (κ1) is 29.5. The van der Waals surface area contributed by atoms with E-state index in [1.807, 2.05) is 0 Å². The van der Waals surface area contributed by atoms with Crippen LogP contribution in [-0.4, -0.2) is 33.4 Å². The summed E-state index contributed by atoms with van der Waals surface area (Å²) >= 11 is 0. The summed E-state index contributed by atoms with van der Waals surface area (Å²) in [6.07, 6.45) is 0. The van der Waals surface area contributed by atoms with Gasteiger partial charge >= 0.3 is 8.69 Å². The summed E-state index contributed by atoms with van der Waals surface area (Å²) in [5.41, 5.74) is 0.